The lowest BCUT2D eigenvalue weighted by atomic mass is 10.4. The summed E-state index contributed by atoms with van der Waals surface area (Å²) < 4.78 is 4.24. The van der Waals surface area contributed by atoms with Gasteiger partial charge in [0, 0.05) is 19.6 Å². The van der Waals surface area contributed by atoms with Crippen molar-refractivity contribution >= 4 is 12.5 Å². The molecule has 0 aromatic carbocycles. The number of methoxy groups -OCH3 is 1. The first-order valence-corrected chi connectivity index (χ1v) is 6.17. The fourth-order valence-corrected chi connectivity index (χ4v) is 1.06. The molecule has 0 unspecified atom stereocenters. The van der Waals surface area contributed by atoms with Crippen molar-refractivity contribution in [2.45, 2.75) is 40.0 Å². The van der Waals surface area contributed by atoms with Crippen molar-refractivity contribution in [3.8, 4) is 0 Å². The number of alkyl carbamates (subject to hydrolysis) is 1. The van der Waals surface area contributed by atoms with Crippen LogP contribution < -0.4 is 5.32 Å². The van der Waals surface area contributed by atoms with Crippen LogP contribution in [-0.2, 0) is 9.53 Å². The Morgan fingerprint density at radius 2 is 1.76 bits per heavy atom. The first-order chi connectivity index (χ1) is 8.15. The molecule has 1 N–H and O–H groups in total. The molecule has 0 radical (unpaired) electrons. The highest BCUT2D eigenvalue weighted by molar-refractivity contribution is 5.66. The summed E-state index contributed by atoms with van der Waals surface area (Å²) in [5.41, 5.74) is 0. The summed E-state index contributed by atoms with van der Waals surface area (Å²) in [5, 5.41) is 2.43. The molecule has 102 valence electrons. The van der Waals surface area contributed by atoms with Gasteiger partial charge in [0.05, 0.1) is 7.11 Å². The molecule has 1 saturated heterocycles. The number of hydrogen-bond donors (Lipinski definition) is 1. The van der Waals surface area contributed by atoms with Crippen LogP contribution in [0.5, 0.6) is 0 Å². The normalized spacial score (nSPS) is 12.6. The summed E-state index contributed by atoms with van der Waals surface area (Å²) in [6.07, 6.45) is 4.19. The van der Waals surface area contributed by atoms with E-state index in [0.717, 1.165) is 19.5 Å². The molecule has 1 aliphatic heterocycles. The minimum Gasteiger partial charge on any atom is -0.453 e. The van der Waals surface area contributed by atoms with E-state index in [1.807, 2.05) is 6.92 Å². The second kappa shape index (κ2) is 14.7. The summed E-state index contributed by atoms with van der Waals surface area (Å²) in [7, 11) is 1.34. The van der Waals surface area contributed by atoms with Gasteiger partial charge < -0.3 is 15.0 Å². The SMILES string of the molecule is CCC.CCNC(=O)OC.O=CN1CCCC1. The molecule has 0 aromatic heterocycles. The lowest BCUT2D eigenvalue weighted by molar-refractivity contribution is -0.117. The summed E-state index contributed by atoms with van der Waals surface area (Å²) >= 11 is 0. The van der Waals surface area contributed by atoms with Crippen LogP contribution >= 0.6 is 0 Å². The quantitative estimate of drug-likeness (QED) is 0.758. The number of amides is 2. The Labute approximate surface area is 105 Å². The average Bonchev–Trinajstić information content (AvgIpc) is 2.84. The van der Waals surface area contributed by atoms with Crippen LogP contribution in [0.2, 0.25) is 0 Å². The number of nitrogens with zero attached hydrogens (tertiary/aromatic N) is 1. The van der Waals surface area contributed by atoms with Gasteiger partial charge >= 0.3 is 6.09 Å². The Bertz CT molecular complexity index is 181. The van der Waals surface area contributed by atoms with Gasteiger partial charge in [0.1, 0.15) is 0 Å². The van der Waals surface area contributed by atoms with Gasteiger partial charge in [0.15, 0.2) is 0 Å². The minimum atomic E-state index is -0.373. The molecular formula is C12H26N2O3. The Morgan fingerprint density at radius 1 is 1.29 bits per heavy atom. The molecular weight excluding hydrogens is 220 g/mol. The van der Waals surface area contributed by atoms with E-state index in [0.29, 0.717) is 6.54 Å². The van der Waals surface area contributed by atoms with Gasteiger partial charge in [0.2, 0.25) is 6.41 Å². The lowest BCUT2D eigenvalue weighted by Crippen LogP contribution is -2.21. The number of rotatable bonds is 2. The van der Waals surface area contributed by atoms with Crippen LogP contribution in [0.4, 0.5) is 4.79 Å². The Hall–Kier alpha value is -1.26. The predicted octanol–water partition coefficient (Wildman–Crippen LogP) is 2.02. The third kappa shape index (κ3) is 14.7. The van der Waals surface area contributed by atoms with E-state index in [1.54, 1.807) is 4.90 Å². The van der Waals surface area contributed by atoms with Crippen molar-refractivity contribution in [1.82, 2.24) is 10.2 Å². The Morgan fingerprint density at radius 3 is 1.94 bits per heavy atom. The smallest absolute Gasteiger partial charge is 0.406 e. The topological polar surface area (TPSA) is 58.6 Å². The second-order valence-corrected chi connectivity index (χ2v) is 3.58. The monoisotopic (exact) mass is 246 g/mol. The maximum atomic E-state index is 10.1. The van der Waals surface area contributed by atoms with Crippen LogP contribution in [0.1, 0.15) is 40.0 Å². The minimum absolute atomic E-state index is 0.373. The maximum Gasteiger partial charge on any atom is 0.406 e. The molecule has 1 aliphatic rings. The highest BCUT2D eigenvalue weighted by Crippen LogP contribution is 2.02. The van der Waals surface area contributed by atoms with Crippen molar-refractivity contribution in [2.24, 2.45) is 0 Å². The standard InChI is InChI=1S/C5H9NO.C4H9NO2.C3H8/c7-5-6-3-1-2-4-6;1-3-5-4(6)7-2;1-3-2/h5H,1-4H2;3H2,1-2H3,(H,5,6);3H2,1-2H3. The van der Waals surface area contributed by atoms with Gasteiger partial charge in [-0.2, -0.15) is 0 Å². The molecule has 5 nitrogen and oxygen atoms in total. The van der Waals surface area contributed by atoms with Crippen LogP contribution in [0.15, 0.2) is 0 Å². The largest absolute Gasteiger partial charge is 0.453 e. The highest BCUT2D eigenvalue weighted by atomic mass is 16.5. The van der Waals surface area contributed by atoms with Crippen LogP contribution in [0.3, 0.4) is 0 Å². The van der Waals surface area contributed by atoms with Gasteiger partial charge in [-0.15, -0.1) is 0 Å². The second-order valence-electron chi connectivity index (χ2n) is 3.58. The first kappa shape index (κ1) is 18.1. The van der Waals surface area contributed by atoms with Gasteiger partial charge in [0.25, 0.3) is 0 Å². The predicted molar refractivity (Wildman–Crippen MR) is 68.9 cm³/mol. The number of nitrogens with one attached hydrogen (secondary N) is 1. The van der Waals surface area contributed by atoms with Crippen LogP contribution in [0.25, 0.3) is 0 Å². The van der Waals surface area contributed by atoms with Gasteiger partial charge in [-0.3, -0.25) is 4.79 Å². The fraction of sp³-hybridized carbons (Fsp3) is 0.833. The third-order valence-electron chi connectivity index (χ3n) is 1.80. The average molecular weight is 246 g/mol. The highest BCUT2D eigenvalue weighted by Gasteiger charge is 2.06. The maximum absolute atomic E-state index is 10.1. The molecule has 0 aliphatic carbocycles. The molecule has 2 amide bonds. The summed E-state index contributed by atoms with van der Waals surface area (Å²) in [5.74, 6) is 0. The Balaban J connectivity index is 0. The van der Waals surface area contributed by atoms with E-state index in [2.05, 4.69) is 23.9 Å². The molecule has 1 fully saturated rings. The number of hydrogen-bond acceptors (Lipinski definition) is 3. The van der Waals surface area contributed by atoms with Crippen molar-refractivity contribution in [2.75, 3.05) is 26.7 Å². The molecule has 1 heterocycles. The number of likely N-dealkylation sites (tertiary alicyclic amines) is 1. The van der Waals surface area contributed by atoms with Crippen LogP contribution in [0, 0.1) is 0 Å². The third-order valence-corrected chi connectivity index (χ3v) is 1.80. The van der Waals surface area contributed by atoms with Crippen molar-refractivity contribution in [3.63, 3.8) is 0 Å². The lowest BCUT2D eigenvalue weighted by Gasteiger charge is -2.03. The van der Waals surface area contributed by atoms with E-state index >= 15 is 0 Å². The van der Waals surface area contributed by atoms with E-state index in [4.69, 9.17) is 0 Å². The van der Waals surface area contributed by atoms with E-state index < -0.39 is 0 Å². The molecule has 1 rings (SSSR count). The number of ether oxygens (including phenoxy) is 1. The molecule has 0 spiro atoms. The first-order valence-electron chi connectivity index (χ1n) is 6.17. The molecule has 0 atom stereocenters. The van der Waals surface area contributed by atoms with Crippen LogP contribution in [-0.4, -0.2) is 44.1 Å². The van der Waals surface area contributed by atoms with Gasteiger partial charge in [-0.1, -0.05) is 20.3 Å². The van der Waals surface area contributed by atoms with Crippen molar-refractivity contribution in [1.29, 1.82) is 0 Å². The Kier molecular flexibility index (Phi) is 15.7. The molecule has 5 heteroatoms. The zero-order valence-corrected chi connectivity index (χ0v) is 11.5. The van der Waals surface area contributed by atoms with Gasteiger partial charge in [-0.05, 0) is 19.8 Å². The molecule has 0 saturated carbocycles. The molecule has 0 aromatic rings. The summed E-state index contributed by atoms with van der Waals surface area (Å²) in [4.78, 5) is 21.8. The zero-order valence-electron chi connectivity index (χ0n) is 11.5. The number of carbonyl (C=O) groups excluding carboxylic acids is 2. The van der Waals surface area contributed by atoms with E-state index in [1.165, 1.54) is 26.4 Å². The fourth-order valence-electron chi connectivity index (χ4n) is 1.06. The number of carbonyl (C=O) groups is 2. The van der Waals surface area contributed by atoms with Crippen molar-refractivity contribution in [3.05, 3.63) is 0 Å². The summed E-state index contributed by atoms with van der Waals surface area (Å²) in [6.45, 7) is 8.65. The van der Waals surface area contributed by atoms with Crippen molar-refractivity contribution < 1.29 is 14.3 Å². The zero-order chi connectivity index (χ0) is 13.5. The van der Waals surface area contributed by atoms with E-state index in [-0.39, 0.29) is 6.09 Å². The van der Waals surface area contributed by atoms with Gasteiger partial charge in [-0.25, -0.2) is 4.79 Å². The molecule has 0 bridgehead atoms. The summed E-state index contributed by atoms with van der Waals surface area (Å²) in [6, 6.07) is 0. The van der Waals surface area contributed by atoms with E-state index in [9.17, 15) is 9.59 Å². The molecule has 17 heavy (non-hydrogen) atoms.